The summed E-state index contributed by atoms with van der Waals surface area (Å²) in [5.74, 6) is 3.21. The minimum Gasteiger partial charge on any atom is -0.481 e. The molecule has 1 amide bonds. The van der Waals surface area contributed by atoms with Crippen LogP contribution >= 0.6 is 11.8 Å². The van der Waals surface area contributed by atoms with Crippen LogP contribution in [0.15, 0.2) is 9.42 Å². The number of carboxylic acid groups (broad SMARTS) is 1. The number of aliphatic carboxylic acids is 1. The van der Waals surface area contributed by atoms with Gasteiger partial charge in [0, 0.05) is 11.8 Å². The number of ether oxygens (including phenoxy) is 1. The minimum atomic E-state index is -0.986. The molecule has 5 unspecified atom stereocenters. The zero-order valence-electron chi connectivity index (χ0n) is 21.0. The Kier molecular flexibility index (Phi) is 7.85. The van der Waals surface area contributed by atoms with Crippen LogP contribution in [0, 0.1) is 35.0 Å². The number of carbonyl (C=O) groups excluding carboxylic acids is 1. The van der Waals surface area contributed by atoms with E-state index >= 15 is 0 Å². The Labute approximate surface area is 207 Å². The minimum absolute atomic E-state index is 0.00595. The molecule has 3 aliphatic carbocycles. The van der Waals surface area contributed by atoms with Crippen LogP contribution in [0.3, 0.4) is 0 Å². The topological polar surface area (TPSA) is 102 Å². The standard InChI is InChI=1S/C26H40N2O5S/c1-5-26(6-2,25(30)31)14-32-24-22(34-13-15(3)4)21(33-28-24)23(29)27-20-18-11-16-8-7-9-19(20)17(10-16)12-18/h15-20H,5-14H2,1-4H3,(H,27,29)(H,30,31). The van der Waals surface area contributed by atoms with Crippen molar-refractivity contribution in [2.75, 3.05) is 12.4 Å². The average molecular weight is 493 g/mol. The van der Waals surface area contributed by atoms with E-state index in [0.717, 1.165) is 17.6 Å². The van der Waals surface area contributed by atoms with Crippen molar-refractivity contribution in [1.82, 2.24) is 10.5 Å². The number of hydrogen-bond donors (Lipinski definition) is 2. The number of fused-ring (bicyclic) bond motifs is 2. The summed E-state index contributed by atoms with van der Waals surface area (Å²) in [6.45, 7) is 7.93. The van der Waals surface area contributed by atoms with Crippen LogP contribution in [-0.4, -0.2) is 40.5 Å². The summed E-state index contributed by atoms with van der Waals surface area (Å²) >= 11 is 1.50. The molecule has 3 aliphatic rings. The van der Waals surface area contributed by atoms with E-state index in [2.05, 4.69) is 24.3 Å². The Morgan fingerprint density at radius 2 is 1.94 bits per heavy atom. The van der Waals surface area contributed by atoms with Crippen LogP contribution in [0.25, 0.3) is 0 Å². The van der Waals surface area contributed by atoms with Gasteiger partial charge in [0.25, 0.3) is 11.8 Å². The van der Waals surface area contributed by atoms with Crippen LogP contribution in [0.2, 0.25) is 0 Å². The largest absolute Gasteiger partial charge is 0.481 e. The molecule has 0 saturated heterocycles. The van der Waals surface area contributed by atoms with Crippen molar-refractivity contribution in [1.29, 1.82) is 0 Å². The first-order valence-electron chi connectivity index (χ1n) is 13.1. The summed E-state index contributed by atoms with van der Waals surface area (Å²) in [7, 11) is 0. The lowest BCUT2D eigenvalue weighted by atomic mass is 9.79. The normalized spacial score (nSPS) is 28.2. The van der Waals surface area contributed by atoms with E-state index in [9.17, 15) is 14.7 Å². The first kappa shape index (κ1) is 25.4. The van der Waals surface area contributed by atoms with Crippen LogP contribution in [-0.2, 0) is 4.79 Å². The molecule has 190 valence electrons. The van der Waals surface area contributed by atoms with Gasteiger partial charge >= 0.3 is 5.97 Å². The van der Waals surface area contributed by atoms with Crippen LogP contribution in [0.5, 0.6) is 5.88 Å². The van der Waals surface area contributed by atoms with E-state index in [1.54, 1.807) is 0 Å². The molecule has 1 aromatic rings. The molecule has 0 spiro atoms. The zero-order valence-corrected chi connectivity index (χ0v) is 21.8. The highest BCUT2D eigenvalue weighted by molar-refractivity contribution is 7.99. The Morgan fingerprint density at radius 3 is 2.62 bits per heavy atom. The van der Waals surface area contributed by atoms with Crippen molar-refractivity contribution in [3.8, 4) is 5.88 Å². The molecule has 0 radical (unpaired) electrons. The zero-order chi connectivity index (χ0) is 24.5. The summed E-state index contributed by atoms with van der Waals surface area (Å²) in [6.07, 6.45) is 8.49. The Morgan fingerprint density at radius 1 is 1.21 bits per heavy atom. The van der Waals surface area contributed by atoms with Gasteiger partial charge in [-0.2, -0.15) is 0 Å². The fourth-order valence-electron chi connectivity index (χ4n) is 6.46. The third-order valence-corrected chi connectivity index (χ3v) is 10.1. The van der Waals surface area contributed by atoms with Crippen molar-refractivity contribution in [2.45, 2.75) is 90.0 Å². The lowest BCUT2D eigenvalue weighted by molar-refractivity contribution is -0.151. The molecule has 0 aromatic carbocycles. The van der Waals surface area contributed by atoms with Gasteiger partial charge in [0.05, 0.1) is 0 Å². The molecule has 1 aromatic heterocycles. The molecule has 8 heteroatoms. The van der Waals surface area contributed by atoms with E-state index in [1.807, 2.05) is 13.8 Å². The number of aromatic nitrogens is 1. The number of amides is 1. The fourth-order valence-corrected chi connectivity index (χ4v) is 7.44. The van der Waals surface area contributed by atoms with Gasteiger partial charge in [-0.1, -0.05) is 40.5 Å². The van der Waals surface area contributed by atoms with Gasteiger partial charge in [-0.05, 0) is 73.3 Å². The molecule has 4 rings (SSSR count). The van der Waals surface area contributed by atoms with E-state index in [0.29, 0.717) is 35.5 Å². The summed E-state index contributed by atoms with van der Waals surface area (Å²) < 4.78 is 11.5. The Hall–Kier alpha value is -1.70. The van der Waals surface area contributed by atoms with Gasteiger partial charge in [0.1, 0.15) is 16.9 Å². The van der Waals surface area contributed by atoms with Crippen molar-refractivity contribution >= 4 is 23.6 Å². The van der Waals surface area contributed by atoms with Gasteiger partial charge in [-0.15, -0.1) is 11.8 Å². The highest BCUT2D eigenvalue weighted by Crippen LogP contribution is 2.53. The van der Waals surface area contributed by atoms with Gasteiger partial charge in [-0.25, -0.2) is 0 Å². The molecular formula is C26H40N2O5S. The average Bonchev–Trinajstić information content (AvgIpc) is 3.26. The maximum Gasteiger partial charge on any atom is 0.313 e. The smallest absolute Gasteiger partial charge is 0.313 e. The highest BCUT2D eigenvalue weighted by atomic mass is 32.2. The van der Waals surface area contributed by atoms with Gasteiger partial charge in [-0.3, -0.25) is 9.59 Å². The monoisotopic (exact) mass is 492 g/mol. The second-order valence-electron chi connectivity index (χ2n) is 11.1. The van der Waals surface area contributed by atoms with Crippen molar-refractivity contribution in [2.24, 2.45) is 35.0 Å². The molecule has 0 aliphatic heterocycles. The quantitative estimate of drug-likeness (QED) is 0.386. The first-order chi connectivity index (χ1) is 16.3. The second kappa shape index (κ2) is 10.5. The number of rotatable bonds is 11. The predicted octanol–water partition coefficient (Wildman–Crippen LogP) is 5.64. The molecule has 5 atom stereocenters. The van der Waals surface area contributed by atoms with Crippen molar-refractivity contribution in [3.05, 3.63) is 5.76 Å². The first-order valence-corrected chi connectivity index (χ1v) is 14.1. The van der Waals surface area contributed by atoms with Gasteiger partial charge in [0.15, 0.2) is 0 Å². The lowest BCUT2D eigenvalue weighted by Gasteiger charge is -2.29. The number of carboxylic acids is 1. The highest BCUT2D eigenvalue weighted by Gasteiger charge is 2.49. The second-order valence-corrected chi connectivity index (χ2v) is 12.1. The van der Waals surface area contributed by atoms with Crippen LogP contribution in [0.1, 0.15) is 89.6 Å². The maximum atomic E-state index is 13.4. The number of carbonyl (C=O) groups is 2. The number of nitrogens with one attached hydrogen (secondary N) is 1. The number of hydrogen-bond acceptors (Lipinski definition) is 6. The van der Waals surface area contributed by atoms with E-state index in [-0.39, 0.29) is 30.2 Å². The Balaban J connectivity index is 1.52. The molecule has 3 bridgehead atoms. The third-order valence-electron chi connectivity index (χ3n) is 8.58. The lowest BCUT2D eigenvalue weighted by Crippen LogP contribution is -2.42. The summed E-state index contributed by atoms with van der Waals surface area (Å²) in [5, 5.41) is 17.2. The van der Waals surface area contributed by atoms with E-state index in [1.165, 1.54) is 50.3 Å². The predicted molar refractivity (Wildman–Crippen MR) is 131 cm³/mol. The molecule has 2 N–H and O–H groups in total. The van der Waals surface area contributed by atoms with Crippen LogP contribution < -0.4 is 10.1 Å². The van der Waals surface area contributed by atoms with E-state index < -0.39 is 11.4 Å². The number of nitrogens with zero attached hydrogens (tertiary/aromatic N) is 1. The van der Waals surface area contributed by atoms with Crippen molar-refractivity contribution < 1.29 is 24.0 Å². The molecular weight excluding hydrogens is 452 g/mol. The maximum absolute atomic E-state index is 13.4. The Bertz CT molecular complexity index is 881. The summed E-state index contributed by atoms with van der Waals surface area (Å²) in [5.41, 5.74) is -0.986. The van der Waals surface area contributed by atoms with Gasteiger partial charge in [0.2, 0.25) is 5.76 Å². The van der Waals surface area contributed by atoms with Crippen molar-refractivity contribution in [3.63, 3.8) is 0 Å². The number of thioether (sulfide) groups is 1. The molecule has 3 saturated carbocycles. The molecule has 1 heterocycles. The van der Waals surface area contributed by atoms with E-state index in [4.69, 9.17) is 9.26 Å². The van der Waals surface area contributed by atoms with Crippen LogP contribution in [0.4, 0.5) is 0 Å². The molecule has 7 nitrogen and oxygen atoms in total. The molecule has 3 fully saturated rings. The fraction of sp³-hybridized carbons (Fsp3) is 0.808. The third kappa shape index (κ3) is 4.98. The molecule has 34 heavy (non-hydrogen) atoms. The summed E-state index contributed by atoms with van der Waals surface area (Å²) in [6, 6.07) is 0.208. The van der Waals surface area contributed by atoms with Gasteiger partial charge < -0.3 is 19.7 Å². The SMILES string of the molecule is CCC(CC)(COc1noc(C(=O)NC2C3CC4CCCC2C(C4)C3)c1SCC(C)C)C(=O)O. The summed E-state index contributed by atoms with van der Waals surface area (Å²) in [4.78, 5) is 25.9.